The van der Waals surface area contributed by atoms with Gasteiger partial charge in [0.25, 0.3) is 0 Å². The summed E-state index contributed by atoms with van der Waals surface area (Å²) in [5.74, 6) is -0.818. The molecule has 2 fully saturated rings. The van der Waals surface area contributed by atoms with Crippen molar-refractivity contribution in [3.05, 3.63) is 35.9 Å². The normalized spacial score (nSPS) is 22.0. The largest absolute Gasteiger partial charge is 0.467 e. The van der Waals surface area contributed by atoms with E-state index < -0.39 is 24.1 Å². The van der Waals surface area contributed by atoms with Gasteiger partial charge < -0.3 is 14.4 Å². The zero-order valence-corrected chi connectivity index (χ0v) is 15.9. The number of methoxy groups -OCH3 is 1. The van der Waals surface area contributed by atoms with Crippen LogP contribution in [0.3, 0.4) is 0 Å². The number of hydrogen-bond acceptors (Lipinski definition) is 6. The Labute approximate surface area is 163 Å². The summed E-state index contributed by atoms with van der Waals surface area (Å²) in [6, 6.07) is 7.88. The highest BCUT2D eigenvalue weighted by molar-refractivity contribution is 7.80. The van der Waals surface area contributed by atoms with Gasteiger partial charge in [-0.2, -0.15) is 0 Å². The predicted octanol–water partition coefficient (Wildman–Crippen LogP) is 1.93. The maximum absolute atomic E-state index is 13.0. The molecule has 0 bridgehead atoms. The van der Waals surface area contributed by atoms with Gasteiger partial charge in [-0.05, 0) is 24.8 Å². The molecule has 8 heteroatoms. The number of carbonyl (C=O) groups excluding carboxylic acids is 3. The minimum absolute atomic E-state index is 0.148. The number of carbonyl (C=O) groups is 3. The number of nitrogens with zero attached hydrogens (tertiary/aromatic N) is 2. The van der Waals surface area contributed by atoms with Crippen LogP contribution in [0, 0.1) is 0 Å². The molecule has 0 aromatic heterocycles. The minimum atomic E-state index is -0.847. The Morgan fingerprint density at radius 2 is 1.89 bits per heavy atom. The van der Waals surface area contributed by atoms with Crippen molar-refractivity contribution in [1.29, 1.82) is 0 Å². The molecule has 1 aromatic carbocycles. The molecule has 7 nitrogen and oxygen atoms in total. The number of rotatable bonds is 4. The van der Waals surface area contributed by atoms with Crippen LogP contribution >= 0.6 is 12.2 Å². The van der Waals surface area contributed by atoms with Gasteiger partial charge in [0.2, 0.25) is 5.91 Å². The molecule has 3 rings (SSSR count). The minimum Gasteiger partial charge on any atom is -0.467 e. The van der Waals surface area contributed by atoms with E-state index in [1.807, 2.05) is 30.3 Å². The molecule has 2 aliphatic heterocycles. The Morgan fingerprint density at radius 3 is 2.59 bits per heavy atom. The zero-order valence-electron chi connectivity index (χ0n) is 15.1. The fourth-order valence-corrected chi connectivity index (χ4v) is 3.83. The third-order valence-corrected chi connectivity index (χ3v) is 5.33. The summed E-state index contributed by atoms with van der Waals surface area (Å²) in [5, 5.41) is 0. The van der Waals surface area contributed by atoms with Crippen LogP contribution in [0.15, 0.2) is 30.3 Å². The Kier molecular flexibility index (Phi) is 6.05. The summed E-state index contributed by atoms with van der Waals surface area (Å²) in [5.41, 5.74) is 0.878. The number of amides is 2. The number of benzene rings is 1. The maximum atomic E-state index is 13.0. The first-order valence-electron chi connectivity index (χ1n) is 8.91. The average molecular weight is 390 g/mol. The van der Waals surface area contributed by atoms with Crippen molar-refractivity contribution in [2.24, 2.45) is 0 Å². The lowest BCUT2D eigenvalue weighted by atomic mass is 10.1. The third-order valence-electron chi connectivity index (χ3n) is 4.90. The van der Waals surface area contributed by atoms with E-state index in [4.69, 9.17) is 21.7 Å². The molecular formula is C19H22N2O5S. The monoisotopic (exact) mass is 390 g/mol. The number of hydrogen-bond donors (Lipinski definition) is 0. The van der Waals surface area contributed by atoms with E-state index in [1.54, 1.807) is 0 Å². The molecule has 2 heterocycles. The molecule has 2 saturated heterocycles. The van der Waals surface area contributed by atoms with Crippen molar-refractivity contribution in [1.82, 2.24) is 9.80 Å². The first-order chi connectivity index (χ1) is 13.0. The van der Waals surface area contributed by atoms with Crippen molar-refractivity contribution >= 4 is 35.1 Å². The van der Waals surface area contributed by atoms with E-state index in [0.29, 0.717) is 37.2 Å². The molecule has 0 N–H and O–H groups in total. The molecule has 0 aliphatic carbocycles. The lowest BCUT2D eigenvalue weighted by Crippen LogP contribution is -2.52. The molecule has 2 aliphatic rings. The molecule has 2 atom stereocenters. The quantitative estimate of drug-likeness (QED) is 0.578. The molecule has 1 aromatic rings. The van der Waals surface area contributed by atoms with E-state index in [2.05, 4.69) is 0 Å². The summed E-state index contributed by atoms with van der Waals surface area (Å²) in [7, 11) is 1.27. The van der Waals surface area contributed by atoms with E-state index in [1.165, 1.54) is 16.9 Å². The van der Waals surface area contributed by atoms with Gasteiger partial charge >= 0.3 is 12.1 Å². The predicted molar refractivity (Wildman–Crippen MR) is 101 cm³/mol. The van der Waals surface area contributed by atoms with Crippen molar-refractivity contribution in [2.45, 2.75) is 38.0 Å². The van der Waals surface area contributed by atoms with Gasteiger partial charge in [-0.1, -0.05) is 42.5 Å². The maximum Gasteiger partial charge on any atom is 0.410 e. The highest BCUT2D eigenvalue weighted by Crippen LogP contribution is 2.25. The SMILES string of the molecule is COC(=O)[C@@H]1C(=S)CCN1C(=O)[C@@H]1CCCN1C(=O)OCc1ccccc1. The standard InChI is InChI=1S/C19H22N2O5S/c1-25-18(23)16-15(27)9-11-21(16)17(22)14-8-5-10-20(14)19(24)26-12-13-6-3-2-4-7-13/h2-4,6-7,14,16H,5,8-12H2,1H3/t14-,16-/m0/s1. The van der Waals surface area contributed by atoms with Gasteiger partial charge in [0.1, 0.15) is 12.6 Å². The molecule has 2 amide bonds. The first kappa shape index (κ1) is 19.3. The second-order valence-corrected chi connectivity index (χ2v) is 7.09. The fourth-order valence-electron chi connectivity index (χ4n) is 3.51. The summed E-state index contributed by atoms with van der Waals surface area (Å²) in [6.07, 6.45) is 1.20. The van der Waals surface area contributed by atoms with Gasteiger partial charge in [-0.15, -0.1) is 0 Å². The highest BCUT2D eigenvalue weighted by atomic mass is 32.1. The smallest absolute Gasteiger partial charge is 0.410 e. The van der Waals surface area contributed by atoms with Crippen LogP contribution in [0.25, 0.3) is 0 Å². The first-order valence-corrected chi connectivity index (χ1v) is 9.32. The Bertz CT molecular complexity index is 739. The summed E-state index contributed by atoms with van der Waals surface area (Å²) in [6.45, 7) is 0.960. The molecule has 0 radical (unpaired) electrons. The van der Waals surface area contributed by atoms with E-state index >= 15 is 0 Å². The number of thiocarbonyl (C=S) groups is 1. The molecule has 144 valence electrons. The molecular weight excluding hydrogens is 368 g/mol. The van der Waals surface area contributed by atoms with Crippen molar-refractivity contribution in [2.75, 3.05) is 20.2 Å². The van der Waals surface area contributed by atoms with Crippen molar-refractivity contribution in [3.63, 3.8) is 0 Å². The van der Waals surface area contributed by atoms with Gasteiger partial charge in [-0.3, -0.25) is 9.69 Å². The topological polar surface area (TPSA) is 76.2 Å². The highest BCUT2D eigenvalue weighted by Gasteiger charge is 2.45. The molecule has 0 saturated carbocycles. The second-order valence-electron chi connectivity index (χ2n) is 6.57. The van der Waals surface area contributed by atoms with Gasteiger partial charge in [0.15, 0.2) is 6.04 Å². The number of ether oxygens (including phenoxy) is 2. The van der Waals surface area contributed by atoms with Gasteiger partial charge in [-0.25, -0.2) is 9.59 Å². The lowest BCUT2D eigenvalue weighted by molar-refractivity contribution is -0.150. The van der Waals surface area contributed by atoms with E-state index in [9.17, 15) is 14.4 Å². The average Bonchev–Trinajstić information content (AvgIpc) is 3.32. The van der Waals surface area contributed by atoms with Crippen LogP contribution in [-0.4, -0.2) is 64.9 Å². The summed E-state index contributed by atoms with van der Waals surface area (Å²) >= 11 is 5.23. The van der Waals surface area contributed by atoms with Crippen LogP contribution in [-0.2, 0) is 25.7 Å². The van der Waals surface area contributed by atoms with Crippen LogP contribution < -0.4 is 0 Å². The molecule has 0 spiro atoms. The molecule has 27 heavy (non-hydrogen) atoms. The second kappa shape index (κ2) is 8.47. The Morgan fingerprint density at radius 1 is 1.15 bits per heavy atom. The van der Waals surface area contributed by atoms with Crippen LogP contribution in [0.5, 0.6) is 0 Å². The molecule has 0 unspecified atom stereocenters. The van der Waals surface area contributed by atoms with E-state index in [-0.39, 0.29) is 12.5 Å². The van der Waals surface area contributed by atoms with E-state index in [0.717, 1.165) is 5.56 Å². The summed E-state index contributed by atoms with van der Waals surface area (Å²) in [4.78, 5) is 40.9. The van der Waals surface area contributed by atoms with Crippen molar-refractivity contribution < 1.29 is 23.9 Å². The number of likely N-dealkylation sites (tertiary alicyclic amines) is 2. The Balaban J connectivity index is 1.66. The van der Waals surface area contributed by atoms with Gasteiger partial charge in [0.05, 0.1) is 7.11 Å². The van der Waals surface area contributed by atoms with Crippen molar-refractivity contribution in [3.8, 4) is 0 Å². The Hall–Kier alpha value is -2.48. The summed E-state index contributed by atoms with van der Waals surface area (Å²) < 4.78 is 10.2. The fraction of sp³-hybridized carbons (Fsp3) is 0.474. The zero-order chi connectivity index (χ0) is 19.4. The third kappa shape index (κ3) is 4.10. The number of esters is 1. The van der Waals surface area contributed by atoms with Crippen LogP contribution in [0.4, 0.5) is 4.79 Å². The lowest BCUT2D eigenvalue weighted by Gasteiger charge is -2.29. The van der Waals surface area contributed by atoms with Crippen LogP contribution in [0.2, 0.25) is 0 Å². The van der Waals surface area contributed by atoms with Crippen LogP contribution in [0.1, 0.15) is 24.8 Å². The van der Waals surface area contributed by atoms with Gasteiger partial charge in [0, 0.05) is 18.0 Å².